The van der Waals surface area contributed by atoms with E-state index in [2.05, 4.69) is 5.32 Å². The summed E-state index contributed by atoms with van der Waals surface area (Å²) in [4.78, 5) is 12.7. The minimum atomic E-state index is -0.718. The fourth-order valence-electron chi connectivity index (χ4n) is 1.76. The highest BCUT2D eigenvalue weighted by Crippen LogP contribution is 2.23. The van der Waals surface area contributed by atoms with Gasteiger partial charge in [-0.2, -0.15) is 0 Å². The minimum Gasteiger partial charge on any atom is -0.443 e. The predicted octanol–water partition coefficient (Wildman–Crippen LogP) is 1.51. The number of halogens is 2. The third kappa shape index (κ3) is 2.52. The van der Waals surface area contributed by atoms with Gasteiger partial charge in [0.15, 0.2) is 0 Å². The average Bonchev–Trinajstić information content (AvgIpc) is 2.58. The number of carbonyl (C=O) groups is 1. The van der Waals surface area contributed by atoms with Crippen molar-refractivity contribution in [1.29, 1.82) is 0 Å². The van der Waals surface area contributed by atoms with E-state index in [1.54, 1.807) is 7.05 Å². The van der Waals surface area contributed by atoms with Crippen molar-refractivity contribution < 1.29 is 18.3 Å². The molecule has 0 bridgehead atoms. The van der Waals surface area contributed by atoms with Crippen LogP contribution in [0, 0.1) is 11.6 Å². The van der Waals surface area contributed by atoms with Gasteiger partial charge < -0.3 is 10.1 Å². The number of nitrogens with zero attached hydrogens (tertiary/aromatic N) is 1. The first-order chi connectivity index (χ1) is 8.10. The molecule has 17 heavy (non-hydrogen) atoms. The maximum absolute atomic E-state index is 13.0. The van der Waals surface area contributed by atoms with E-state index >= 15 is 0 Å². The van der Waals surface area contributed by atoms with Crippen LogP contribution in [0.25, 0.3) is 0 Å². The zero-order chi connectivity index (χ0) is 12.4. The highest BCUT2D eigenvalue weighted by atomic mass is 19.1. The molecule has 1 aliphatic heterocycles. The first-order valence-electron chi connectivity index (χ1n) is 5.19. The molecule has 1 unspecified atom stereocenters. The molecule has 1 atom stereocenters. The number of amides is 1. The standard InChI is InChI=1S/C11H12F2N2O2/c1-14-5-10-6-15(11(16)17-10)9-3-7(12)2-8(13)4-9/h2-4,10,14H,5-6H2,1H3. The van der Waals surface area contributed by atoms with Gasteiger partial charge in [0.25, 0.3) is 0 Å². The van der Waals surface area contributed by atoms with E-state index in [1.807, 2.05) is 0 Å². The Kier molecular flexibility index (Phi) is 3.23. The molecule has 0 radical (unpaired) electrons. The predicted molar refractivity (Wildman–Crippen MR) is 57.9 cm³/mol. The Bertz CT molecular complexity index is 419. The third-order valence-electron chi connectivity index (χ3n) is 2.46. The van der Waals surface area contributed by atoms with E-state index in [0.29, 0.717) is 6.54 Å². The lowest BCUT2D eigenvalue weighted by Gasteiger charge is -2.13. The maximum atomic E-state index is 13.0. The minimum absolute atomic E-state index is 0.172. The van der Waals surface area contributed by atoms with Crippen LogP contribution >= 0.6 is 0 Å². The van der Waals surface area contributed by atoms with Crippen molar-refractivity contribution in [1.82, 2.24) is 5.32 Å². The fraction of sp³-hybridized carbons (Fsp3) is 0.364. The Balaban J connectivity index is 2.19. The number of carbonyl (C=O) groups excluding carboxylic acids is 1. The molecule has 1 aromatic rings. The van der Waals surface area contributed by atoms with Crippen LogP contribution in [0.4, 0.5) is 19.3 Å². The van der Waals surface area contributed by atoms with Crippen molar-refractivity contribution in [3.63, 3.8) is 0 Å². The summed E-state index contributed by atoms with van der Waals surface area (Å²) >= 11 is 0. The van der Waals surface area contributed by atoms with Crippen molar-refractivity contribution in [3.8, 4) is 0 Å². The van der Waals surface area contributed by atoms with Gasteiger partial charge in [-0.25, -0.2) is 13.6 Å². The molecular formula is C11H12F2N2O2. The van der Waals surface area contributed by atoms with Crippen molar-refractivity contribution in [2.75, 3.05) is 25.0 Å². The molecule has 1 aromatic carbocycles. The van der Waals surface area contributed by atoms with E-state index in [4.69, 9.17) is 4.74 Å². The van der Waals surface area contributed by atoms with E-state index in [-0.39, 0.29) is 18.3 Å². The normalized spacial score (nSPS) is 19.6. The van der Waals surface area contributed by atoms with Gasteiger partial charge >= 0.3 is 6.09 Å². The van der Waals surface area contributed by atoms with Gasteiger partial charge in [-0.1, -0.05) is 0 Å². The molecule has 1 amide bonds. The van der Waals surface area contributed by atoms with Gasteiger partial charge in [0.1, 0.15) is 17.7 Å². The number of hydrogen-bond donors (Lipinski definition) is 1. The second kappa shape index (κ2) is 4.67. The zero-order valence-corrected chi connectivity index (χ0v) is 9.24. The van der Waals surface area contributed by atoms with Crippen LogP contribution in [0.15, 0.2) is 18.2 Å². The molecule has 92 valence electrons. The lowest BCUT2D eigenvalue weighted by atomic mass is 10.2. The Morgan fingerprint density at radius 3 is 2.65 bits per heavy atom. The SMILES string of the molecule is CNCC1CN(c2cc(F)cc(F)c2)C(=O)O1. The maximum Gasteiger partial charge on any atom is 0.414 e. The molecule has 1 fully saturated rings. The largest absolute Gasteiger partial charge is 0.443 e. The number of cyclic esters (lactones) is 1. The number of nitrogens with one attached hydrogen (secondary N) is 1. The van der Waals surface area contributed by atoms with E-state index < -0.39 is 17.7 Å². The Morgan fingerprint density at radius 2 is 2.06 bits per heavy atom. The van der Waals surface area contributed by atoms with Gasteiger partial charge in [0.2, 0.25) is 0 Å². The van der Waals surface area contributed by atoms with Crippen LogP contribution in [0.2, 0.25) is 0 Å². The quantitative estimate of drug-likeness (QED) is 0.873. The van der Waals surface area contributed by atoms with Gasteiger partial charge in [-0.15, -0.1) is 0 Å². The van der Waals surface area contributed by atoms with E-state index in [9.17, 15) is 13.6 Å². The molecule has 1 saturated heterocycles. The van der Waals surface area contributed by atoms with Gasteiger partial charge in [-0.05, 0) is 19.2 Å². The van der Waals surface area contributed by atoms with Crippen molar-refractivity contribution in [2.45, 2.75) is 6.10 Å². The summed E-state index contributed by atoms with van der Waals surface area (Å²) in [6.07, 6.45) is -0.894. The molecule has 0 aliphatic carbocycles. The molecule has 2 rings (SSSR count). The first-order valence-corrected chi connectivity index (χ1v) is 5.19. The molecule has 0 aromatic heterocycles. The topological polar surface area (TPSA) is 41.6 Å². The molecule has 6 heteroatoms. The van der Waals surface area contributed by atoms with Crippen LogP contribution in [0.3, 0.4) is 0 Å². The average molecular weight is 242 g/mol. The number of hydrogen-bond acceptors (Lipinski definition) is 3. The summed E-state index contributed by atoms with van der Waals surface area (Å²) in [6, 6.07) is 2.97. The van der Waals surface area contributed by atoms with Crippen LogP contribution in [0.5, 0.6) is 0 Å². The molecule has 4 nitrogen and oxygen atoms in total. The first kappa shape index (κ1) is 11.8. The highest BCUT2D eigenvalue weighted by molar-refractivity contribution is 5.89. The Hall–Kier alpha value is -1.69. The zero-order valence-electron chi connectivity index (χ0n) is 9.24. The fourth-order valence-corrected chi connectivity index (χ4v) is 1.76. The second-order valence-electron chi connectivity index (χ2n) is 3.80. The monoisotopic (exact) mass is 242 g/mol. The number of anilines is 1. The van der Waals surface area contributed by atoms with Crippen molar-refractivity contribution in [3.05, 3.63) is 29.8 Å². The lowest BCUT2D eigenvalue weighted by molar-refractivity contribution is 0.141. The van der Waals surface area contributed by atoms with Gasteiger partial charge in [0, 0.05) is 12.6 Å². The smallest absolute Gasteiger partial charge is 0.414 e. The van der Waals surface area contributed by atoms with Gasteiger partial charge in [0.05, 0.1) is 12.2 Å². The molecule has 0 saturated carbocycles. The molecule has 1 heterocycles. The summed E-state index contributed by atoms with van der Waals surface area (Å²) in [5.41, 5.74) is 0.172. The highest BCUT2D eigenvalue weighted by Gasteiger charge is 2.32. The summed E-state index contributed by atoms with van der Waals surface area (Å²) in [5.74, 6) is -1.44. The third-order valence-corrected chi connectivity index (χ3v) is 2.46. The number of likely N-dealkylation sites (N-methyl/N-ethyl adjacent to an activating group) is 1. The van der Waals surface area contributed by atoms with E-state index in [1.165, 1.54) is 4.90 Å². The number of ether oxygens (including phenoxy) is 1. The van der Waals surface area contributed by atoms with E-state index in [0.717, 1.165) is 18.2 Å². The second-order valence-corrected chi connectivity index (χ2v) is 3.80. The molecule has 0 spiro atoms. The summed E-state index contributed by atoms with van der Waals surface area (Å²) in [6.45, 7) is 0.780. The molecule has 1 aliphatic rings. The number of benzene rings is 1. The Labute approximate surface area is 97.2 Å². The van der Waals surface area contributed by atoms with Crippen LogP contribution in [0.1, 0.15) is 0 Å². The van der Waals surface area contributed by atoms with Crippen molar-refractivity contribution in [2.24, 2.45) is 0 Å². The summed E-state index contributed by atoms with van der Waals surface area (Å²) < 4.78 is 31.1. The van der Waals surface area contributed by atoms with Crippen LogP contribution < -0.4 is 10.2 Å². The molecule has 1 N–H and O–H groups in total. The van der Waals surface area contributed by atoms with Gasteiger partial charge in [-0.3, -0.25) is 4.90 Å². The number of rotatable bonds is 3. The lowest BCUT2D eigenvalue weighted by Crippen LogP contribution is -2.29. The van der Waals surface area contributed by atoms with Crippen molar-refractivity contribution >= 4 is 11.8 Å². The summed E-state index contributed by atoms with van der Waals surface area (Å²) in [7, 11) is 1.73. The molecular weight excluding hydrogens is 230 g/mol. The van der Waals surface area contributed by atoms with Crippen LogP contribution in [-0.4, -0.2) is 32.3 Å². The Morgan fingerprint density at radius 1 is 1.41 bits per heavy atom. The summed E-state index contributed by atoms with van der Waals surface area (Å²) in [5, 5.41) is 2.87. The van der Waals surface area contributed by atoms with Crippen LogP contribution in [-0.2, 0) is 4.74 Å².